The number of aromatic nitrogens is 4. The largest absolute Gasteiger partial charge is 0.362 e. The fourth-order valence-electron chi connectivity index (χ4n) is 1.30. The van der Waals surface area contributed by atoms with Gasteiger partial charge in [-0.25, -0.2) is 9.97 Å². The molecule has 0 aliphatic heterocycles. The standard InChI is InChI=1S/C10H12ClN5O/c1-3-8-14-7(11)4-9(15-8)12-5-10-13-6(2)17-16-10/h4H,3,5H2,1-2H3,(H,12,14,15). The van der Waals surface area contributed by atoms with Gasteiger partial charge in [0.2, 0.25) is 5.89 Å². The maximum absolute atomic E-state index is 5.87. The molecule has 2 heterocycles. The van der Waals surface area contributed by atoms with Crippen molar-refractivity contribution in [1.82, 2.24) is 20.1 Å². The van der Waals surface area contributed by atoms with E-state index >= 15 is 0 Å². The number of anilines is 1. The topological polar surface area (TPSA) is 76.7 Å². The minimum atomic E-state index is 0.420. The number of hydrogen-bond donors (Lipinski definition) is 1. The average molecular weight is 254 g/mol. The van der Waals surface area contributed by atoms with E-state index in [4.69, 9.17) is 16.1 Å². The van der Waals surface area contributed by atoms with Crippen LogP contribution in [-0.4, -0.2) is 20.1 Å². The van der Waals surface area contributed by atoms with Gasteiger partial charge in [-0.1, -0.05) is 23.7 Å². The Kier molecular flexibility index (Phi) is 3.53. The molecule has 0 aromatic carbocycles. The number of nitrogens with zero attached hydrogens (tertiary/aromatic N) is 4. The summed E-state index contributed by atoms with van der Waals surface area (Å²) >= 11 is 5.87. The fourth-order valence-corrected chi connectivity index (χ4v) is 1.50. The van der Waals surface area contributed by atoms with Crippen molar-refractivity contribution in [2.75, 3.05) is 5.32 Å². The molecule has 7 heteroatoms. The van der Waals surface area contributed by atoms with Gasteiger partial charge in [-0.05, 0) is 0 Å². The van der Waals surface area contributed by atoms with Crippen LogP contribution in [0.5, 0.6) is 0 Å². The third-order valence-electron chi connectivity index (χ3n) is 2.05. The normalized spacial score (nSPS) is 10.5. The molecule has 0 aliphatic carbocycles. The molecule has 1 N–H and O–H groups in total. The Morgan fingerprint density at radius 2 is 2.12 bits per heavy atom. The summed E-state index contributed by atoms with van der Waals surface area (Å²) in [6.45, 7) is 4.15. The number of aryl methyl sites for hydroxylation is 2. The quantitative estimate of drug-likeness (QED) is 0.840. The van der Waals surface area contributed by atoms with E-state index in [1.165, 1.54) is 0 Å². The Morgan fingerprint density at radius 3 is 2.76 bits per heavy atom. The van der Waals surface area contributed by atoms with E-state index in [9.17, 15) is 0 Å². The van der Waals surface area contributed by atoms with Crippen LogP contribution in [-0.2, 0) is 13.0 Å². The van der Waals surface area contributed by atoms with Crippen molar-refractivity contribution in [3.63, 3.8) is 0 Å². The molecule has 0 spiro atoms. The van der Waals surface area contributed by atoms with Crippen molar-refractivity contribution in [3.8, 4) is 0 Å². The Balaban J connectivity index is 2.05. The van der Waals surface area contributed by atoms with E-state index in [-0.39, 0.29) is 0 Å². The van der Waals surface area contributed by atoms with Crippen LogP contribution in [0.4, 0.5) is 5.82 Å². The van der Waals surface area contributed by atoms with Gasteiger partial charge >= 0.3 is 0 Å². The van der Waals surface area contributed by atoms with Crippen LogP contribution < -0.4 is 5.32 Å². The van der Waals surface area contributed by atoms with Crippen LogP contribution in [0.3, 0.4) is 0 Å². The lowest BCUT2D eigenvalue weighted by Crippen LogP contribution is -2.05. The van der Waals surface area contributed by atoms with Crippen LogP contribution in [0.25, 0.3) is 0 Å². The molecule has 0 saturated carbocycles. The van der Waals surface area contributed by atoms with E-state index in [2.05, 4.69) is 25.4 Å². The maximum atomic E-state index is 5.87. The second-order valence-electron chi connectivity index (χ2n) is 3.43. The van der Waals surface area contributed by atoms with Gasteiger partial charge in [-0.2, -0.15) is 4.98 Å². The van der Waals surface area contributed by atoms with E-state index < -0.39 is 0 Å². The second-order valence-corrected chi connectivity index (χ2v) is 3.82. The van der Waals surface area contributed by atoms with E-state index in [0.717, 1.165) is 6.42 Å². The molecule has 90 valence electrons. The van der Waals surface area contributed by atoms with Gasteiger partial charge in [0.25, 0.3) is 0 Å². The first-order valence-corrected chi connectivity index (χ1v) is 5.61. The number of nitrogens with one attached hydrogen (secondary N) is 1. The van der Waals surface area contributed by atoms with Crippen molar-refractivity contribution < 1.29 is 4.52 Å². The summed E-state index contributed by atoms with van der Waals surface area (Å²) in [6, 6.07) is 1.66. The first kappa shape index (κ1) is 11.8. The van der Waals surface area contributed by atoms with Gasteiger partial charge in [0.1, 0.15) is 16.8 Å². The molecular weight excluding hydrogens is 242 g/mol. The monoisotopic (exact) mass is 253 g/mol. The summed E-state index contributed by atoms with van der Waals surface area (Å²) in [7, 11) is 0. The molecule has 2 rings (SSSR count). The third-order valence-corrected chi connectivity index (χ3v) is 2.25. The van der Waals surface area contributed by atoms with Gasteiger partial charge < -0.3 is 9.84 Å². The van der Waals surface area contributed by atoms with Crippen LogP contribution in [0, 0.1) is 6.92 Å². The van der Waals surface area contributed by atoms with Gasteiger partial charge in [0.15, 0.2) is 5.82 Å². The highest BCUT2D eigenvalue weighted by Crippen LogP contribution is 2.12. The molecule has 2 aromatic heterocycles. The highest BCUT2D eigenvalue weighted by molar-refractivity contribution is 6.29. The molecule has 0 bridgehead atoms. The molecule has 0 radical (unpaired) electrons. The molecule has 0 amide bonds. The number of hydrogen-bond acceptors (Lipinski definition) is 6. The lowest BCUT2D eigenvalue weighted by molar-refractivity contribution is 0.388. The Bertz CT molecular complexity index is 513. The van der Waals surface area contributed by atoms with E-state index in [1.54, 1.807) is 13.0 Å². The molecule has 0 atom stereocenters. The zero-order valence-electron chi connectivity index (χ0n) is 9.57. The zero-order chi connectivity index (χ0) is 12.3. The zero-order valence-corrected chi connectivity index (χ0v) is 10.3. The summed E-state index contributed by atoms with van der Waals surface area (Å²) in [6.07, 6.45) is 0.733. The van der Waals surface area contributed by atoms with Crippen molar-refractivity contribution in [1.29, 1.82) is 0 Å². The van der Waals surface area contributed by atoms with Gasteiger partial charge in [0.05, 0.1) is 6.54 Å². The number of halogens is 1. The van der Waals surface area contributed by atoms with Crippen molar-refractivity contribution >= 4 is 17.4 Å². The Hall–Kier alpha value is -1.69. The van der Waals surface area contributed by atoms with E-state index in [0.29, 0.717) is 35.1 Å². The molecule has 17 heavy (non-hydrogen) atoms. The highest BCUT2D eigenvalue weighted by atomic mass is 35.5. The minimum absolute atomic E-state index is 0.420. The molecule has 0 saturated heterocycles. The van der Waals surface area contributed by atoms with Gasteiger partial charge in [-0.3, -0.25) is 0 Å². The molecule has 0 aliphatic rings. The smallest absolute Gasteiger partial charge is 0.223 e. The maximum Gasteiger partial charge on any atom is 0.223 e. The van der Waals surface area contributed by atoms with Gasteiger partial charge in [-0.15, -0.1) is 0 Å². The Labute approximate surface area is 103 Å². The molecule has 2 aromatic rings. The third kappa shape index (κ3) is 3.13. The lowest BCUT2D eigenvalue weighted by Gasteiger charge is -2.04. The Morgan fingerprint density at radius 1 is 1.29 bits per heavy atom. The van der Waals surface area contributed by atoms with Crippen molar-refractivity contribution in [2.45, 2.75) is 26.8 Å². The second kappa shape index (κ2) is 5.09. The number of rotatable bonds is 4. The summed E-state index contributed by atoms with van der Waals surface area (Å²) in [5.74, 6) is 2.47. The van der Waals surface area contributed by atoms with Crippen molar-refractivity contribution in [3.05, 3.63) is 28.8 Å². The minimum Gasteiger partial charge on any atom is -0.362 e. The predicted octanol–water partition coefficient (Wildman–Crippen LogP) is 2.00. The van der Waals surface area contributed by atoms with Crippen LogP contribution in [0.2, 0.25) is 5.15 Å². The molecule has 0 unspecified atom stereocenters. The predicted molar refractivity (Wildman–Crippen MR) is 62.8 cm³/mol. The van der Waals surface area contributed by atoms with Crippen LogP contribution in [0.15, 0.2) is 10.6 Å². The van der Waals surface area contributed by atoms with Gasteiger partial charge in [0, 0.05) is 19.4 Å². The summed E-state index contributed by atoms with van der Waals surface area (Å²) in [5.41, 5.74) is 0. The average Bonchev–Trinajstić information content (AvgIpc) is 2.72. The first-order chi connectivity index (χ1) is 8.17. The first-order valence-electron chi connectivity index (χ1n) is 5.24. The van der Waals surface area contributed by atoms with E-state index in [1.807, 2.05) is 6.92 Å². The lowest BCUT2D eigenvalue weighted by atomic mass is 10.4. The molecule has 0 fully saturated rings. The molecule has 6 nitrogen and oxygen atoms in total. The molecular formula is C10H12ClN5O. The summed E-state index contributed by atoms with van der Waals surface area (Å²) in [5, 5.41) is 7.26. The van der Waals surface area contributed by atoms with Crippen LogP contribution in [0.1, 0.15) is 24.5 Å². The summed E-state index contributed by atoms with van der Waals surface area (Å²) < 4.78 is 4.86. The SMILES string of the molecule is CCc1nc(Cl)cc(NCc2noc(C)n2)n1. The van der Waals surface area contributed by atoms with Crippen molar-refractivity contribution in [2.24, 2.45) is 0 Å². The summed E-state index contributed by atoms with van der Waals surface area (Å²) in [4.78, 5) is 12.4. The highest BCUT2D eigenvalue weighted by Gasteiger charge is 2.04. The fraction of sp³-hybridized carbons (Fsp3) is 0.400. The van der Waals surface area contributed by atoms with Crippen LogP contribution >= 0.6 is 11.6 Å².